The Hall–Kier alpha value is -0.550. The number of methoxy groups -OCH3 is 1. The lowest BCUT2D eigenvalue weighted by Gasteiger charge is -2.34. The molecule has 1 saturated heterocycles. The van der Waals surface area contributed by atoms with Crippen molar-refractivity contribution in [3.8, 4) is 0 Å². The summed E-state index contributed by atoms with van der Waals surface area (Å²) in [6.07, 6.45) is 2.69. The first kappa shape index (κ1) is 12.9. The number of ether oxygens (including phenoxy) is 1. The second-order valence-corrected chi connectivity index (χ2v) is 5.15. The lowest BCUT2D eigenvalue weighted by atomic mass is 10.1. The van der Waals surface area contributed by atoms with E-state index in [1.807, 2.05) is 11.7 Å². The van der Waals surface area contributed by atoms with Gasteiger partial charge in [0.05, 0.1) is 11.8 Å². The first-order valence-electron chi connectivity index (χ1n) is 6.03. The minimum Gasteiger partial charge on any atom is -0.380 e. The Morgan fingerprint density at radius 2 is 2.29 bits per heavy atom. The van der Waals surface area contributed by atoms with Gasteiger partial charge in [-0.3, -0.25) is 4.68 Å². The standard InChI is InChI=1S/C12H20BrN3O/c1-9-11(7-13)12(15(2)14-9)16-6-4-5-10(8-16)17-3/h10H,4-8H2,1-3H3. The number of halogens is 1. The minimum atomic E-state index is 0.349. The van der Waals surface area contributed by atoms with Crippen molar-refractivity contribution in [2.45, 2.75) is 31.2 Å². The maximum absolute atomic E-state index is 5.48. The van der Waals surface area contributed by atoms with Crippen molar-refractivity contribution in [1.29, 1.82) is 0 Å². The summed E-state index contributed by atoms with van der Waals surface area (Å²) < 4.78 is 7.47. The molecule has 0 aliphatic carbocycles. The highest BCUT2D eigenvalue weighted by Crippen LogP contribution is 2.28. The number of piperidine rings is 1. The first-order chi connectivity index (χ1) is 8.17. The van der Waals surface area contributed by atoms with Crippen LogP contribution in [-0.4, -0.2) is 36.1 Å². The van der Waals surface area contributed by atoms with Crippen LogP contribution in [0.3, 0.4) is 0 Å². The van der Waals surface area contributed by atoms with Crippen LogP contribution in [0.4, 0.5) is 5.82 Å². The average molecular weight is 302 g/mol. The summed E-state index contributed by atoms with van der Waals surface area (Å²) in [6.45, 7) is 4.13. The van der Waals surface area contributed by atoms with Crippen LogP contribution in [0.25, 0.3) is 0 Å². The van der Waals surface area contributed by atoms with Crippen molar-refractivity contribution in [3.63, 3.8) is 0 Å². The number of alkyl halides is 1. The molecule has 1 unspecified atom stereocenters. The van der Waals surface area contributed by atoms with Crippen LogP contribution < -0.4 is 4.90 Å². The Balaban J connectivity index is 2.26. The molecule has 5 heteroatoms. The molecule has 4 nitrogen and oxygen atoms in total. The third kappa shape index (κ3) is 2.50. The molecule has 96 valence electrons. The number of aryl methyl sites for hydroxylation is 2. The van der Waals surface area contributed by atoms with Gasteiger partial charge in [0, 0.05) is 38.1 Å². The molecule has 1 aromatic rings. The smallest absolute Gasteiger partial charge is 0.130 e. The molecule has 0 saturated carbocycles. The zero-order valence-corrected chi connectivity index (χ0v) is 12.3. The van der Waals surface area contributed by atoms with Gasteiger partial charge in [0.25, 0.3) is 0 Å². The fourth-order valence-electron chi connectivity index (χ4n) is 2.56. The van der Waals surface area contributed by atoms with E-state index in [0.717, 1.165) is 30.5 Å². The second kappa shape index (κ2) is 5.40. The summed E-state index contributed by atoms with van der Waals surface area (Å²) in [5, 5.41) is 5.37. The molecule has 1 aliphatic heterocycles. The van der Waals surface area contributed by atoms with Gasteiger partial charge in [-0.15, -0.1) is 0 Å². The molecule has 0 amide bonds. The molecule has 1 fully saturated rings. The van der Waals surface area contributed by atoms with Crippen LogP contribution in [0.2, 0.25) is 0 Å². The highest BCUT2D eigenvalue weighted by Gasteiger charge is 2.24. The van der Waals surface area contributed by atoms with Crippen molar-refractivity contribution in [1.82, 2.24) is 9.78 Å². The molecule has 17 heavy (non-hydrogen) atoms. The van der Waals surface area contributed by atoms with Gasteiger partial charge < -0.3 is 9.64 Å². The Kier molecular flexibility index (Phi) is 4.09. The number of nitrogens with zero attached hydrogens (tertiary/aromatic N) is 3. The number of anilines is 1. The zero-order chi connectivity index (χ0) is 12.4. The molecule has 1 aliphatic rings. The Morgan fingerprint density at radius 3 is 2.94 bits per heavy atom. The molecule has 0 radical (unpaired) electrons. The van der Waals surface area contributed by atoms with E-state index in [9.17, 15) is 0 Å². The summed E-state index contributed by atoms with van der Waals surface area (Å²) in [5.74, 6) is 1.24. The third-order valence-electron chi connectivity index (χ3n) is 3.46. The molecular formula is C12H20BrN3O. The van der Waals surface area contributed by atoms with Crippen LogP contribution in [0.1, 0.15) is 24.1 Å². The van der Waals surface area contributed by atoms with Crippen LogP contribution >= 0.6 is 15.9 Å². The van der Waals surface area contributed by atoms with E-state index in [0.29, 0.717) is 6.10 Å². The maximum Gasteiger partial charge on any atom is 0.130 e. The van der Waals surface area contributed by atoms with Gasteiger partial charge in [-0.25, -0.2) is 0 Å². The molecule has 0 bridgehead atoms. The molecular weight excluding hydrogens is 282 g/mol. The van der Waals surface area contributed by atoms with Crippen LogP contribution in [-0.2, 0) is 17.1 Å². The predicted molar refractivity (Wildman–Crippen MR) is 72.8 cm³/mol. The van der Waals surface area contributed by atoms with Gasteiger partial charge in [-0.2, -0.15) is 5.10 Å². The van der Waals surface area contributed by atoms with Crippen molar-refractivity contribution >= 4 is 21.7 Å². The fraction of sp³-hybridized carbons (Fsp3) is 0.750. The summed E-state index contributed by atoms with van der Waals surface area (Å²) in [7, 11) is 3.82. The minimum absolute atomic E-state index is 0.349. The summed E-state index contributed by atoms with van der Waals surface area (Å²) in [6, 6.07) is 0. The van der Waals surface area contributed by atoms with Crippen molar-refractivity contribution in [2.75, 3.05) is 25.1 Å². The summed E-state index contributed by atoms with van der Waals surface area (Å²) in [4.78, 5) is 2.40. The Bertz CT molecular complexity index is 391. The fourth-order valence-corrected chi connectivity index (χ4v) is 3.22. The van der Waals surface area contributed by atoms with Crippen molar-refractivity contribution in [3.05, 3.63) is 11.3 Å². The molecule has 1 atom stereocenters. The molecule has 0 aromatic carbocycles. The van der Waals surface area contributed by atoms with E-state index in [-0.39, 0.29) is 0 Å². The Morgan fingerprint density at radius 1 is 1.53 bits per heavy atom. The number of hydrogen-bond acceptors (Lipinski definition) is 3. The largest absolute Gasteiger partial charge is 0.380 e. The van der Waals surface area contributed by atoms with Gasteiger partial charge in [0.15, 0.2) is 0 Å². The number of aromatic nitrogens is 2. The average Bonchev–Trinajstić information content (AvgIpc) is 2.63. The van der Waals surface area contributed by atoms with E-state index in [2.05, 4.69) is 32.9 Å². The van der Waals surface area contributed by atoms with Crippen LogP contribution in [0.5, 0.6) is 0 Å². The van der Waals surface area contributed by atoms with Gasteiger partial charge in [-0.1, -0.05) is 15.9 Å². The zero-order valence-electron chi connectivity index (χ0n) is 10.7. The third-order valence-corrected chi connectivity index (χ3v) is 4.02. The van der Waals surface area contributed by atoms with E-state index < -0.39 is 0 Å². The maximum atomic E-state index is 5.48. The molecule has 0 N–H and O–H groups in total. The summed E-state index contributed by atoms with van der Waals surface area (Å²) in [5.41, 5.74) is 2.41. The lowest BCUT2D eigenvalue weighted by molar-refractivity contribution is 0.0889. The number of rotatable bonds is 3. The highest BCUT2D eigenvalue weighted by atomic mass is 79.9. The normalized spacial score (nSPS) is 20.9. The van der Waals surface area contributed by atoms with Gasteiger partial charge >= 0.3 is 0 Å². The SMILES string of the molecule is COC1CCCN(c2c(CBr)c(C)nn2C)C1. The van der Waals surface area contributed by atoms with E-state index in [4.69, 9.17) is 4.74 Å². The van der Waals surface area contributed by atoms with Crippen LogP contribution in [0, 0.1) is 6.92 Å². The van der Waals surface area contributed by atoms with Crippen LogP contribution in [0.15, 0.2) is 0 Å². The van der Waals surface area contributed by atoms with E-state index in [1.165, 1.54) is 17.8 Å². The molecule has 1 aromatic heterocycles. The van der Waals surface area contributed by atoms with Crippen molar-refractivity contribution in [2.24, 2.45) is 7.05 Å². The highest BCUT2D eigenvalue weighted by molar-refractivity contribution is 9.08. The number of hydrogen-bond donors (Lipinski definition) is 0. The first-order valence-corrected chi connectivity index (χ1v) is 7.15. The van der Waals surface area contributed by atoms with Gasteiger partial charge in [0.1, 0.15) is 5.82 Å². The predicted octanol–water partition coefficient (Wildman–Crippen LogP) is 2.24. The van der Waals surface area contributed by atoms with E-state index in [1.54, 1.807) is 7.11 Å². The monoisotopic (exact) mass is 301 g/mol. The topological polar surface area (TPSA) is 30.3 Å². The quantitative estimate of drug-likeness (QED) is 0.802. The van der Waals surface area contributed by atoms with E-state index >= 15 is 0 Å². The van der Waals surface area contributed by atoms with Crippen molar-refractivity contribution < 1.29 is 4.74 Å². The Labute approximate surface area is 111 Å². The molecule has 0 spiro atoms. The van der Waals surface area contributed by atoms with Gasteiger partial charge in [-0.05, 0) is 19.8 Å². The second-order valence-electron chi connectivity index (χ2n) is 4.59. The molecule has 2 rings (SSSR count). The van der Waals surface area contributed by atoms with Gasteiger partial charge in [0.2, 0.25) is 0 Å². The summed E-state index contributed by atoms with van der Waals surface area (Å²) >= 11 is 3.56. The lowest BCUT2D eigenvalue weighted by Crippen LogP contribution is -2.40. The molecule has 2 heterocycles.